The van der Waals surface area contributed by atoms with Crippen LogP contribution < -0.4 is 10.1 Å². The van der Waals surface area contributed by atoms with Crippen LogP contribution in [0.5, 0.6) is 5.75 Å². The summed E-state index contributed by atoms with van der Waals surface area (Å²) in [7, 11) is 1.98. The van der Waals surface area contributed by atoms with Crippen molar-refractivity contribution in [2.24, 2.45) is 5.92 Å². The maximum absolute atomic E-state index is 5.50. The Morgan fingerprint density at radius 1 is 1.41 bits per heavy atom. The molecule has 1 aromatic carbocycles. The first-order valence-electron chi connectivity index (χ1n) is 6.25. The van der Waals surface area contributed by atoms with Gasteiger partial charge in [-0.1, -0.05) is 37.6 Å². The van der Waals surface area contributed by atoms with Crippen molar-refractivity contribution < 1.29 is 4.74 Å². The standard InChI is InChI=1S/C15H23NO/c1-5-17-15-8-6-7-13(10-15)9-14(11-16-4)12(2)3/h6-10,12,16H,5,11H2,1-4H3. The van der Waals surface area contributed by atoms with E-state index >= 15 is 0 Å². The van der Waals surface area contributed by atoms with Crippen molar-refractivity contribution in [3.05, 3.63) is 35.4 Å². The summed E-state index contributed by atoms with van der Waals surface area (Å²) in [5, 5.41) is 3.21. The third-order valence-electron chi connectivity index (χ3n) is 2.64. The van der Waals surface area contributed by atoms with E-state index in [0.29, 0.717) is 12.5 Å². The molecule has 0 bridgehead atoms. The van der Waals surface area contributed by atoms with Gasteiger partial charge in [0.15, 0.2) is 0 Å². The zero-order valence-corrected chi connectivity index (χ0v) is 11.3. The van der Waals surface area contributed by atoms with Gasteiger partial charge in [0, 0.05) is 6.54 Å². The number of hydrogen-bond acceptors (Lipinski definition) is 2. The highest BCUT2D eigenvalue weighted by molar-refractivity contribution is 5.55. The highest BCUT2D eigenvalue weighted by Gasteiger charge is 2.02. The Morgan fingerprint density at radius 3 is 2.76 bits per heavy atom. The number of likely N-dealkylation sites (N-methyl/N-ethyl adjacent to an activating group) is 1. The molecule has 0 aliphatic rings. The molecule has 2 nitrogen and oxygen atoms in total. The van der Waals surface area contributed by atoms with Gasteiger partial charge in [0.25, 0.3) is 0 Å². The normalized spacial score (nSPS) is 11.9. The summed E-state index contributed by atoms with van der Waals surface area (Å²) in [6.07, 6.45) is 2.24. The van der Waals surface area contributed by atoms with E-state index in [2.05, 4.69) is 37.4 Å². The molecule has 0 atom stereocenters. The van der Waals surface area contributed by atoms with E-state index in [1.54, 1.807) is 0 Å². The van der Waals surface area contributed by atoms with Crippen LogP contribution in [0.15, 0.2) is 29.8 Å². The Balaban J connectivity index is 2.90. The number of ether oxygens (including phenoxy) is 1. The zero-order valence-electron chi connectivity index (χ0n) is 11.3. The van der Waals surface area contributed by atoms with Gasteiger partial charge < -0.3 is 10.1 Å². The average molecular weight is 233 g/mol. The van der Waals surface area contributed by atoms with Gasteiger partial charge in [-0.15, -0.1) is 0 Å². The Labute approximate surface area is 105 Å². The molecule has 1 rings (SSSR count). The van der Waals surface area contributed by atoms with Gasteiger partial charge in [0.2, 0.25) is 0 Å². The molecule has 1 N–H and O–H groups in total. The number of rotatable bonds is 6. The quantitative estimate of drug-likeness (QED) is 0.813. The van der Waals surface area contributed by atoms with Crippen molar-refractivity contribution in [1.82, 2.24) is 5.32 Å². The molecule has 0 heterocycles. The highest BCUT2D eigenvalue weighted by atomic mass is 16.5. The van der Waals surface area contributed by atoms with Crippen molar-refractivity contribution >= 4 is 6.08 Å². The second kappa shape index (κ2) is 7.13. The fourth-order valence-electron chi connectivity index (χ4n) is 1.70. The number of benzene rings is 1. The fourth-order valence-corrected chi connectivity index (χ4v) is 1.70. The molecule has 0 amide bonds. The van der Waals surface area contributed by atoms with Crippen molar-refractivity contribution in [3.63, 3.8) is 0 Å². The molecule has 2 heteroatoms. The summed E-state index contributed by atoms with van der Waals surface area (Å²) in [6, 6.07) is 8.23. The first-order valence-corrected chi connectivity index (χ1v) is 6.25. The predicted octanol–water partition coefficient (Wildman–Crippen LogP) is 3.34. The Bertz CT molecular complexity index is 369. The van der Waals surface area contributed by atoms with Gasteiger partial charge in [-0.3, -0.25) is 0 Å². The lowest BCUT2D eigenvalue weighted by molar-refractivity contribution is 0.340. The summed E-state index contributed by atoms with van der Waals surface area (Å²) in [5.41, 5.74) is 2.61. The maximum atomic E-state index is 5.50. The summed E-state index contributed by atoms with van der Waals surface area (Å²) in [4.78, 5) is 0. The molecule has 0 radical (unpaired) electrons. The topological polar surface area (TPSA) is 21.3 Å². The Morgan fingerprint density at radius 2 is 2.18 bits per heavy atom. The van der Waals surface area contributed by atoms with E-state index in [9.17, 15) is 0 Å². The van der Waals surface area contributed by atoms with Crippen LogP contribution in [0.1, 0.15) is 26.3 Å². The van der Waals surface area contributed by atoms with Gasteiger partial charge in [0.05, 0.1) is 6.61 Å². The van der Waals surface area contributed by atoms with Gasteiger partial charge in [-0.05, 0) is 37.6 Å². The van der Waals surface area contributed by atoms with E-state index in [0.717, 1.165) is 12.3 Å². The largest absolute Gasteiger partial charge is 0.494 e. The Hall–Kier alpha value is -1.28. The molecule has 0 spiro atoms. The summed E-state index contributed by atoms with van der Waals surface area (Å²) in [5.74, 6) is 1.49. The van der Waals surface area contributed by atoms with E-state index in [1.807, 2.05) is 26.1 Å². The molecule has 0 saturated heterocycles. The van der Waals surface area contributed by atoms with Crippen LogP contribution >= 0.6 is 0 Å². The van der Waals surface area contributed by atoms with Crippen molar-refractivity contribution in [2.75, 3.05) is 20.2 Å². The van der Waals surface area contributed by atoms with E-state index < -0.39 is 0 Å². The average Bonchev–Trinajstić information content (AvgIpc) is 2.29. The molecule has 0 fully saturated rings. The SMILES string of the molecule is CCOc1cccc(C=C(CNC)C(C)C)c1. The van der Waals surface area contributed by atoms with E-state index in [-0.39, 0.29) is 0 Å². The third kappa shape index (κ3) is 4.61. The monoisotopic (exact) mass is 233 g/mol. The van der Waals surface area contributed by atoms with Crippen LogP contribution in [0.2, 0.25) is 0 Å². The van der Waals surface area contributed by atoms with Gasteiger partial charge >= 0.3 is 0 Å². The van der Waals surface area contributed by atoms with Crippen molar-refractivity contribution in [2.45, 2.75) is 20.8 Å². The van der Waals surface area contributed by atoms with E-state index in [4.69, 9.17) is 4.74 Å². The lowest BCUT2D eigenvalue weighted by Gasteiger charge is -2.11. The van der Waals surface area contributed by atoms with Crippen LogP contribution in [0, 0.1) is 5.92 Å². The lowest BCUT2D eigenvalue weighted by atomic mass is 10.0. The second-order valence-corrected chi connectivity index (χ2v) is 4.41. The number of nitrogens with one attached hydrogen (secondary N) is 1. The summed E-state index contributed by atoms with van der Waals surface area (Å²) >= 11 is 0. The molecule has 0 unspecified atom stereocenters. The number of hydrogen-bond donors (Lipinski definition) is 1. The third-order valence-corrected chi connectivity index (χ3v) is 2.64. The summed E-state index contributed by atoms with van der Waals surface area (Å²) in [6.45, 7) is 8.07. The molecule has 94 valence electrons. The fraction of sp³-hybridized carbons (Fsp3) is 0.467. The van der Waals surface area contributed by atoms with E-state index in [1.165, 1.54) is 11.1 Å². The summed E-state index contributed by atoms with van der Waals surface area (Å²) < 4.78 is 5.50. The Kier molecular flexibility index (Phi) is 5.78. The minimum absolute atomic E-state index is 0.554. The molecule has 0 aromatic heterocycles. The molecule has 1 aromatic rings. The van der Waals surface area contributed by atoms with Crippen molar-refractivity contribution in [1.29, 1.82) is 0 Å². The van der Waals surface area contributed by atoms with Gasteiger partial charge in [-0.2, -0.15) is 0 Å². The van der Waals surface area contributed by atoms with Crippen LogP contribution in [0.4, 0.5) is 0 Å². The molecule has 0 aliphatic heterocycles. The predicted molar refractivity (Wildman–Crippen MR) is 74.4 cm³/mol. The molecule has 17 heavy (non-hydrogen) atoms. The highest BCUT2D eigenvalue weighted by Crippen LogP contribution is 2.18. The van der Waals surface area contributed by atoms with Gasteiger partial charge in [-0.25, -0.2) is 0 Å². The zero-order chi connectivity index (χ0) is 12.7. The smallest absolute Gasteiger partial charge is 0.119 e. The molecular formula is C15H23NO. The van der Waals surface area contributed by atoms with Crippen LogP contribution in [0.3, 0.4) is 0 Å². The first kappa shape index (κ1) is 13.8. The second-order valence-electron chi connectivity index (χ2n) is 4.41. The molecule has 0 aliphatic carbocycles. The first-order chi connectivity index (χ1) is 8.17. The van der Waals surface area contributed by atoms with Crippen LogP contribution in [-0.4, -0.2) is 20.2 Å². The van der Waals surface area contributed by atoms with Crippen molar-refractivity contribution in [3.8, 4) is 5.75 Å². The minimum atomic E-state index is 0.554. The minimum Gasteiger partial charge on any atom is -0.494 e. The molecular weight excluding hydrogens is 210 g/mol. The lowest BCUT2D eigenvalue weighted by Crippen LogP contribution is -2.13. The maximum Gasteiger partial charge on any atom is 0.119 e. The van der Waals surface area contributed by atoms with Crippen LogP contribution in [-0.2, 0) is 0 Å². The molecule has 0 saturated carbocycles. The van der Waals surface area contributed by atoms with Gasteiger partial charge in [0.1, 0.15) is 5.75 Å². The van der Waals surface area contributed by atoms with Crippen LogP contribution in [0.25, 0.3) is 6.08 Å².